The van der Waals surface area contributed by atoms with Gasteiger partial charge in [0, 0.05) is 11.1 Å². The van der Waals surface area contributed by atoms with Crippen molar-refractivity contribution in [1.29, 1.82) is 0 Å². The average molecular weight is 304 g/mol. The summed E-state index contributed by atoms with van der Waals surface area (Å²) >= 11 is 1.67. The molecule has 22 heavy (non-hydrogen) atoms. The predicted molar refractivity (Wildman–Crippen MR) is 95.1 cm³/mol. The third-order valence-electron chi connectivity index (χ3n) is 3.27. The average Bonchev–Trinajstić information content (AvgIpc) is 3.11. The number of benzene rings is 2. The van der Waals surface area contributed by atoms with Gasteiger partial charge in [0.15, 0.2) is 0 Å². The van der Waals surface area contributed by atoms with Gasteiger partial charge >= 0.3 is 0 Å². The Kier molecular flexibility index (Phi) is 4.56. The van der Waals surface area contributed by atoms with E-state index in [1.54, 1.807) is 11.3 Å². The fourth-order valence-corrected chi connectivity index (χ4v) is 2.81. The Hall–Kier alpha value is -2.52. The van der Waals surface area contributed by atoms with Gasteiger partial charge in [0.25, 0.3) is 0 Å². The van der Waals surface area contributed by atoms with Crippen LogP contribution in [0.4, 0.5) is 0 Å². The standard InChI is InChI=1S/C19H16N2S/c1-15(18-13-8-14-22-18)20-21-19(16-9-4-2-5-10-16)17-11-6-3-7-12-17/h2-14H,1H3. The highest BCUT2D eigenvalue weighted by molar-refractivity contribution is 7.12. The summed E-state index contributed by atoms with van der Waals surface area (Å²) in [5.41, 5.74) is 3.95. The van der Waals surface area contributed by atoms with Gasteiger partial charge in [-0.25, -0.2) is 0 Å². The molecule has 108 valence electrons. The van der Waals surface area contributed by atoms with Crippen LogP contribution in [0.15, 0.2) is 88.4 Å². The Bertz CT molecular complexity index is 731. The van der Waals surface area contributed by atoms with Gasteiger partial charge in [0.2, 0.25) is 0 Å². The zero-order chi connectivity index (χ0) is 15.2. The third kappa shape index (κ3) is 3.38. The van der Waals surface area contributed by atoms with E-state index in [1.807, 2.05) is 54.8 Å². The second kappa shape index (κ2) is 6.96. The molecule has 2 aromatic carbocycles. The van der Waals surface area contributed by atoms with Crippen molar-refractivity contribution >= 4 is 22.8 Å². The fraction of sp³-hybridized carbons (Fsp3) is 0.0526. The van der Waals surface area contributed by atoms with Crippen molar-refractivity contribution in [2.45, 2.75) is 6.92 Å². The molecule has 0 fully saturated rings. The Balaban J connectivity index is 2.03. The lowest BCUT2D eigenvalue weighted by atomic mass is 10.0. The van der Waals surface area contributed by atoms with Gasteiger partial charge in [-0.3, -0.25) is 0 Å². The lowest BCUT2D eigenvalue weighted by molar-refractivity contribution is 1.22. The van der Waals surface area contributed by atoms with Crippen LogP contribution in [0, 0.1) is 0 Å². The maximum absolute atomic E-state index is 4.53. The molecule has 1 aromatic heterocycles. The fourth-order valence-electron chi connectivity index (χ4n) is 2.13. The van der Waals surface area contributed by atoms with Crippen LogP contribution in [0.2, 0.25) is 0 Å². The minimum atomic E-state index is 0.886. The van der Waals surface area contributed by atoms with E-state index in [-0.39, 0.29) is 0 Å². The molecule has 0 saturated carbocycles. The van der Waals surface area contributed by atoms with Gasteiger partial charge in [0.1, 0.15) is 5.71 Å². The minimum absolute atomic E-state index is 0.886. The summed E-state index contributed by atoms with van der Waals surface area (Å²) < 4.78 is 0. The molecule has 0 aliphatic carbocycles. The van der Waals surface area contributed by atoms with Crippen molar-refractivity contribution in [3.63, 3.8) is 0 Å². The summed E-state index contributed by atoms with van der Waals surface area (Å²) in [5, 5.41) is 11.0. The van der Waals surface area contributed by atoms with Crippen LogP contribution < -0.4 is 0 Å². The van der Waals surface area contributed by atoms with Crippen LogP contribution >= 0.6 is 11.3 Å². The van der Waals surface area contributed by atoms with E-state index in [2.05, 4.69) is 40.5 Å². The molecular formula is C19H16N2S. The van der Waals surface area contributed by atoms with E-state index in [0.717, 1.165) is 27.4 Å². The summed E-state index contributed by atoms with van der Waals surface area (Å²) in [6.45, 7) is 1.99. The van der Waals surface area contributed by atoms with E-state index < -0.39 is 0 Å². The van der Waals surface area contributed by atoms with Gasteiger partial charge in [0.05, 0.1) is 10.6 Å². The second-order valence-electron chi connectivity index (χ2n) is 4.84. The van der Waals surface area contributed by atoms with E-state index in [1.165, 1.54) is 0 Å². The second-order valence-corrected chi connectivity index (χ2v) is 5.79. The van der Waals surface area contributed by atoms with Crippen molar-refractivity contribution in [2.75, 3.05) is 0 Å². The van der Waals surface area contributed by atoms with Crippen LogP contribution in [0.1, 0.15) is 22.9 Å². The molecule has 0 unspecified atom stereocenters. The number of nitrogens with zero attached hydrogens (tertiary/aromatic N) is 2. The molecule has 2 nitrogen and oxygen atoms in total. The Labute approximate surface area is 134 Å². The van der Waals surface area contributed by atoms with Crippen LogP contribution in [-0.2, 0) is 0 Å². The molecule has 0 bridgehead atoms. The lowest BCUT2D eigenvalue weighted by Gasteiger charge is -2.05. The number of hydrogen-bond acceptors (Lipinski definition) is 3. The van der Waals surface area contributed by atoms with Crippen molar-refractivity contribution in [2.24, 2.45) is 10.2 Å². The highest BCUT2D eigenvalue weighted by Crippen LogP contribution is 2.13. The molecule has 3 heteroatoms. The van der Waals surface area contributed by atoms with Crippen molar-refractivity contribution in [3.05, 3.63) is 94.2 Å². The van der Waals surface area contributed by atoms with Gasteiger partial charge < -0.3 is 0 Å². The Morgan fingerprint density at radius 2 is 1.32 bits per heavy atom. The highest BCUT2D eigenvalue weighted by atomic mass is 32.1. The minimum Gasteiger partial charge on any atom is -0.154 e. The van der Waals surface area contributed by atoms with Crippen LogP contribution in [0.5, 0.6) is 0 Å². The molecule has 0 saturated heterocycles. The maximum atomic E-state index is 4.53. The summed E-state index contributed by atoms with van der Waals surface area (Å²) in [7, 11) is 0. The quantitative estimate of drug-likeness (QED) is 0.478. The zero-order valence-corrected chi connectivity index (χ0v) is 13.1. The number of thiophene rings is 1. The van der Waals surface area contributed by atoms with Crippen molar-refractivity contribution in [1.82, 2.24) is 0 Å². The number of rotatable bonds is 4. The molecule has 0 aliphatic heterocycles. The van der Waals surface area contributed by atoms with Gasteiger partial charge in [-0.1, -0.05) is 66.7 Å². The SMILES string of the molecule is CC(=NN=C(c1ccccc1)c1ccccc1)c1cccs1. The Morgan fingerprint density at radius 1 is 0.727 bits per heavy atom. The zero-order valence-electron chi connectivity index (χ0n) is 12.3. The molecule has 3 aromatic rings. The van der Waals surface area contributed by atoms with Crippen molar-refractivity contribution in [3.8, 4) is 0 Å². The summed E-state index contributed by atoms with van der Waals surface area (Å²) in [6, 6.07) is 24.4. The van der Waals surface area contributed by atoms with Crippen LogP contribution in [0.3, 0.4) is 0 Å². The molecule has 0 N–H and O–H groups in total. The first kappa shape index (κ1) is 14.4. The first-order chi connectivity index (χ1) is 10.8. The number of hydrogen-bond donors (Lipinski definition) is 0. The molecule has 1 heterocycles. The van der Waals surface area contributed by atoms with E-state index >= 15 is 0 Å². The summed E-state index contributed by atoms with van der Waals surface area (Å²) in [4.78, 5) is 1.14. The predicted octanol–water partition coefficient (Wildman–Crippen LogP) is 5.01. The highest BCUT2D eigenvalue weighted by Gasteiger charge is 2.06. The molecule has 0 radical (unpaired) electrons. The first-order valence-corrected chi connectivity index (χ1v) is 7.99. The topological polar surface area (TPSA) is 24.7 Å². The smallest absolute Gasteiger partial charge is 0.100 e. The molecular weight excluding hydrogens is 288 g/mol. The van der Waals surface area contributed by atoms with Gasteiger partial charge in [-0.05, 0) is 18.4 Å². The van der Waals surface area contributed by atoms with E-state index in [9.17, 15) is 0 Å². The first-order valence-electron chi connectivity index (χ1n) is 7.11. The normalized spacial score (nSPS) is 11.2. The molecule has 0 aliphatic rings. The van der Waals surface area contributed by atoms with Gasteiger partial charge in [-0.2, -0.15) is 5.10 Å². The summed E-state index contributed by atoms with van der Waals surface area (Å²) in [5.74, 6) is 0. The maximum Gasteiger partial charge on any atom is 0.100 e. The Morgan fingerprint density at radius 3 is 1.82 bits per heavy atom. The molecule has 0 spiro atoms. The van der Waals surface area contributed by atoms with Crippen LogP contribution in [-0.4, -0.2) is 11.4 Å². The lowest BCUT2D eigenvalue weighted by Crippen LogP contribution is -2.03. The molecule has 3 rings (SSSR count). The monoisotopic (exact) mass is 304 g/mol. The molecule has 0 amide bonds. The van der Waals surface area contributed by atoms with E-state index in [0.29, 0.717) is 0 Å². The third-order valence-corrected chi connectivity index (χ3v) is 4.25. The largest absolute Gasteiger partial charge is 0.154 e. The van der Waals surface area contributed by atoms with Crippen LogP contribution in [0.25, 0.3) is 0 Å². The van der Waals surface area contributed by atoms with E-state index in [4.69, 9.17) is 0 Å². The van der Waals surface area contributed by atoms with Gasteiger partial charge in [-0.15, -0.1) is 16.4 Å². The molecule has 0 atom stereocenters. The summed E-state index contributed by atoms with van der Waals surface area (Å²) in [6.07, 6.45) is 0. The van der Waals surface area contributed by atoms with Crippen molar-refractivity contribution < 1.29 is 0 Å².